The predicted octanol–water partition coefficient (Wildman–Crippen LogP) is 1.20. The molecule has 0 radical (unpaired) electrons. The Morgan fingerprint density at radius 1 is 1.48 bits per heavy atom. The standard InChI is InChI=1S/C13H17N5O2S/c1-4-18(7-5-6-14)21(19,20)11-8-12-10(2)16-17(3)13(12)15-9-11/h8-9H,4-5,7H2,1-3H3. The van der Waals surface area contributed by atoms with Crippen molar-refractivity contribution in [1.82, 2.24) is 19.1 Å². The minimum atomic E-state index is -3.64. The molecule has 0 saturated carbocycles. The lowest BCUT2D eigenvalue weighted by Crippen LogP contribution is -2.31. The van der Waals surface area contributed by atoms with E-state index in [9.17, 15) is 8.42 Å². The van der Waals surface area contributed by atoms with Crippen molar-refractivity contribution in [3.63, 3.8) is 0 Å². The van der Waals surface area contributed by atoms with Gasteiger partial charge in [-0.05, 0) is 13.0 Å². The predicted molar refractivity (Wildman–Crippen MR) is 77.9 cm³/mol. The monoisotopic (exact) mass is 307 g/mol. The van der Waals surface area contributed by atoms with Gasteiger partial charge in [-0.3, -0.25) is 4.68 Å². The highest BCUT2D eigenvalue weighted by Crippen LogP contribution is 2.22. The Bertz CT molecular complexity index is 804. The summed E-state index contributed by atoms with van der Waals surface area (Å²) in [5.74, 6) is 0. The summed E-state index contributed by atoms with van der Waals surface area (Å²) in [5, 5.41) is 13.6. The molecular formula is C13H17N5O2S. The highest BCUT2D eigenvalue weighted by molar-refractivity contribution is 7.89. The molecule has 0 aromatic carbocycles. The number of sulfonamides is 1. The van der Waals surface area contributed by atoms with E-state index in [1.54, 1.807) is 24.7 Å². The molecule has 0 aliphatic heterocycles. The third-order valence-electron chi connectivity index (χ3n) is 3.30. The lowest BCUT2D eigenvalue weighted by molar-refractivity contribution is 0.435. The molecule has 112 valence electrons. The number of aryl methyl sites for hydroxylation is 2. The van der Waals surface area contributed by atoms with Crippen molar-refractivity contribution < 1.29 is 8.42 Å². The van der Waals surface area contributed by atoms with E-state index in [2.05, 4.69) is 10.1 Å². The molecule has 0 aliphatic rings. The van der Waals surface area contributed by atoms with Crippen LogP contribution < -0.4 is 0 Å². The van der Waals surface area contributed by atoms with Crippen molar-refractivity contribution in [1.29, 1.82) is 5.26 Å². The van der Waals surface area contributed by atoms with Crippen LogP contribution >= 0.6 is 0 Å². The smallest absolute Gasteiger partial charge is 0.244 e. The summed E-state index contributed by atoms with van der Waals surface area (Å²) in [5.41, 5.74) is 1.38. The van der Waals surface area contributed by atoms with Gasteiger partial charge in [0.25, 0.3) is 0 Å². The molecule has 8 heteroatoms. The second-order valence-electron chi connectivity index (χ2n) is 4.66. The number of nitriles is 1. The molecule has 2 aromatic heterocycles. The first-order valence-corrected chi connectivity index (χ1v) is 8.02. The van der Waals surface area contributed by atoms with Gasteiger partial charge in [-0.1, -0.05) is 6.92 Å². The summed E-state index contributed by atoms with van der Waals surface area (Å²) in [6.45, 7) is 4.05. The van der Waals surface area contributed by atoms with E-state index in [0.717, 1.165) is 11.1 Å². The van der Waals surface area contributed by atoms with E-state index < -0.39 is 10.0 Å². The molecule has 0 saturated heterocycles. The molecule has 0 N–H and O–H groups in total. The first-order valence-electron chi connectivity index (χ1n) is 6.58. The van der Waals surface area contributed by atoms with Gasteiger partial charge in [0.05, 0.1) is 11.8 Å². The number of hydrogen-bond donors (Lipinski definition) is 0. The second kappa shape index (κ2) is 5.79. The van der Waals surface area contributed by atoms with Crippen molar-refractivity contribution in [2.24, 2.45) is 7.05 Å². The average Bonchev–Trinajstić information content (AvgIpc) is 2.74. The van der Waals surface area contributed by atoms with Crippen molar-refractivity contribution >= 4 is 21.1 Å². The van der Waals surface area contributed by atoms with Crippen LogP contribution in [0.25, 0.3) is 11.0 Å². The maximum absolute atomic E-state index is 12.6. The quantitative estimate of drug-likeness (QED) is 0.827. The van der Waals surface area contributed by atoms with E-state index in [-0.39, 0.29) is 17.9 Å². The molecule has 7 nitrogen and oxygen atoms in total. The minimum absolute atomic E-state index is 0.130. The van der Waals surface area contributed by atoms with E-state index in [0.29, 0.717) is 12.2 Å². The van der Waals surface area contributed by atoms with Gasteiger partial charge in [0, 0.05) is 38.1 Å². The summed E-state index contributed by atoms with van der Waals surface area (Å²) in [7, 11) is -1.87. The van der Waals surface area contributed by atoms with Crippen molar-refractivity contribution in [2.45, 2.75) is 25.2 Å². The zero-order valence-corrected chi connectivity index (χ0v) is 13.1. The van der Waals surface area contributed by atoms with Gasteiger partial charge in [0.1, 0.15) is 4.90 Å². The van der Waals surface area contributed by atoms with Gasteiger partial charge < -0.3 is 0 Å². The second-order valence-corrected chi connectivity index (χ2v) is 6.59. The molecule has 0 bridgehead atoms. The van der Waals surface area contributed by atoms with Crippen LogP contribution in [0.4, 0.5) is 0 Å². The van der Waals surface area contributed by atoms with E-state index in [1.807, 2.05) is 13.0 Å². The SMILES string of the molecule is CCN(CCC#N)S(=O)(=O)c1cnc2c(c1)c(C)nn2C. The number of pyridine rings is 1. The van der Waals surface area contributed by atoms with Gasteiger partial charge in [0.2, 0.25) is 10.0 Å². The van der Waals surface area contributed by atoms with Gasteiger partial charge in [-0.25, -0.2) is 13.4 Å². The fraction of sp³-hybridized carbons (Fsp3) is 0.462. The highest BCUT2D eigenvalue weighted by atomic mass is 32.2. The Balaban J connectivity index is 2.49. The van der Waals surface area contributed by atoms with Crippen molar-refractivity contribution in [3.05, 3.63) is 18.0 Å². The number of aromatic nitrogens is 3. The molecule has 2 heterocycles. The fourth-order valence-corrected chi connectivity index (χ4v) is 3.62. The Hall–Kier alpha value is -1.98. The Morgan fingerprint density at radius 2 is 2.19 bits per heavy atom. The molecule has 2 rings (SSSR count). The van der Waals surface area contributed by atoms with E-state index in [4.69, 9.17) is 5.26 Å². The molecule has 0 aliphatic carbocycles. The van der Waals surface area contributed by atoms with Gasteiger partial charge in [0.15, 0.2) is 5.65 Å². The topological polar surface area (TPSA) is 91.9 Å². The molecular weight excluding hydrogens is 290 g/mol. The summed E-state index contributed by atoms with van der Waals surface area (Å²) in [4.78, 5) is 4.32. The van der Waals surface area contributed by atoms with Crippen LogP contribution in [-0.2, 0) is 17.1 Å². The van der Waals surface area contributed by atoms with Gasteiger partial charge in [-0.15, -0.1) is 0 Å². The number of nitrogens with zero attached hydrogens (tertiary/aromatic N) is 5. The Kier molecular flexibility index (Phi) is 4.25. The molecule has 0 unspecified atom stereocenters. The lowest BCUT2D eigenvalue weighted by atomic mass is 10.3. The summed E-state index contributed by atoms with van der Waals surface area (Å²) in [6, 6.07) is 3.56. The van der Waals surface area contributed by atoms with Gasteiger partial charge in [-0.2, -0.15) is 14.7 Å². The normalized spacial score (nSPS) is 12.0. The maximum atomic E-state index is 12.6. The third-order valence-corrected chi connectivity index (χ3v) is 5.24. The molecule has 0 spiro atoms. The summed E-state index contributed by atoms with van der Waals surface area (Å²) < 4.78 is 28.1. The van der Waals surface area contributed by atoms with E-state index in [1.165, 1.54) is 10.5 Å². The third kappa shape index (κ3) is 2.75. The lowest BCUT2D eigenvalue weighted by Gasteiger charge is -2.18. The van der Waals surface area contributed by atoms with Gasteiger partial charge >= 0.3 is 0 Å². The summed E-state index contributed by atoms with van der Waals surface area (Å²) in [6.07, 6.45) is 1.50. The zero-order valence-electron chi connectivity index (χ0n) is 12.2. The minimum Gasteiger partial charge on any atom is -0.250 e. The fourth-order valence-electron chi connectivity index (χ4n) is 2.20. The van der Waals surface area contributed by atoms with Crippen LogP contribution in [0.5, 0.6) is 0 Å². The number of hydrogen-bond acceptors (Lipinski definition) is 5. The van der Waals surface area contributed by atoms with E-state index >= 15 is 0 Å². The van der Waals surface area contributed by atoms with Crippen LogP contribution in [0.1, 0.15) is 19.0 Å². The van der Waals surface area contributed by atoms with Crippen molar-refractivity contribution in [3.8, 4) is 6.07 Å². The largest absolute Gasteiger partial charge is 0.250 e. The molecule has 0 atom stereocenters. The first kappa shape index (κ1) is 15.4. The van der Waals surface area contributed by atoms with Crippen LogP contribution in [-0.4, -0.2) is 40.6 Å². The first-order chi connectivity index (χ1) is 9.91. The molecule has 21 heavy (non-hydrogen) atoms. The van der Waals surface area contributed by atoms with Crippen LogP contribution in [0.15, 0.2) is 17.2 Å². The Labute approximate surface area is 123 Å². The Morgan fingerprint density at radius 3 is 2.81 bits per heavy atom. The summed E-state index contributed by atoms with van der Waals surface area (Å²) >= 11 is 0. The molecule has 2 aromatic rings. The molecule has 0 fully saturated rings. The molecule has 0 amide bonds. The number of fused-ring (bicyclic) bond motifs is 1. The zero-order chi connectivity index (χ0) is 15.6. The van der Waals surface area contributed by atoms with Crippen LogP contribution in [0.3, 0.4) is 0 Å². The van der Waals surface area contributed by atoms with Crippen LogP contribution in [0, 0.1) is 18.3 Å². The number of rotatable bonds is 5. The average molecular weight is 307 g/mol. The van der Waals surface area contributed by atoms with Crippen LogP contribution in [0.2, 0.25) is 0 Å². The van der Waals surface area contributed by atoms with Crippen molar-refractivity contribution in [2.75, 3.05) is 13.1 Å². The maximum Gasteiger partial charge on any atom is 0.244 e. The highest BCUT2D eigenvalue weighted by Gasteiger charge is 2.24.